The minimum Gasteiger partial charge on any atom is -0.300 e. The Labute approximate surface area is 96.9 Å². The molecule has 0 aliphatic heterocycles. The van der Waals surface area contributed by atoms with Crippen LogP contribution in [0.4, 0.5) is 0 Å². The number of carbonyl (C=O) groups excluding carboxylic acids is 1. The van der Waals surface area contributed by atoms with Crippen molar-refractivity contribution in [2.24, 2.45) is 11.8 Å². The third-order valence-electron chi connectivity index (χ3n) is 3.82. The maximum Gasteiger partial charge on any atom is 0.133 e. The van der Waals surface area contributed by atoms with Crippen molar-refractivity contribution < 1.29 is 4.79 Å². The second-order valence-corrected chi connectivity index (χ2v) is 5.19. The first kappa shape index (κ1) is 11.2. The van der Waals surface area contributed by atoms with Crippen LogP contribution in [0.25, 0.3) is 0 Å². The molecule has 0 aromatic rings. The third-order valence-corrected chi connectivity index (χ3v) is 4.09. The van der Waals surface area contributed by atoms with E-state index in [2.05, 4.69) is 6.08 Å². The number of hydrogen-bond acceptors (Lipinski definition) is 1. The SMILES string of the molecule is O=C1CC[C@H]2CC=C(CCCCCl)[C@H]2C1. The molecule has 15 heavy (non-hydrogen) atoms. The fourth-order valence-corrected chi connectivity index (χ4v) is 3.13. The molecule has 0 unspecified atom stereocenters. The highest BCUT2D eigenvalue weighted by Gasteiger charge is 2.34. The largest absolute Gasteiger partial charge is 0.300 e. The van der Waals surface area contributed by atoms with Crippen molar-refractivity contribution in [1.29, 1.82) is 0 Å². The number of carbonyl (C=O) groups is 1. The molecule has 0 spiro atoms. The molecule has 1 saturated carbocycles. The molecule has 0 saturated heterocycles. The van der Waals surface area contributed by atoms with E-state index >= 15 is 0 Å². The molecule has 0 amide bonds. The van der Waals surface area contributed by atoms with Crippen molar-refractivity contribution in [2.75, 3.05) is 5.88 Å². The molecule has 0 aromatic heterocycles. The quantitative estimate of drug-likeness (QED) is 0.406. The molecule has 2 rings (SSSR count). The first-order valence-electron chi connectivity index (χ1n) is 6.08. The second-order valence-electron chi connectivity index (χ2n) is 4.81. The van der Waals surface area contributed by atoms with Crippen LogP contribution in [-0.2, 0) is 4.79 Å². The number of allylic oxidation sites excluding steroid dienone is 2. The molecule has 0 radical (unpaired) electrons. The molecule has 0 bridgehead atoms. The van der Waals surface area contributed by atoms with Crippen molar-refractivity contribution in [3.05, 3.63) is 11.6 Å². The van der Waals surface area contributed by atoms with Crippen LogP contribution in [0, 0.1) is 11.8 Å². The van der Waals surface area contributed by atoms with Gasteiger partial charge in [-0.25, -0.2) is 0 Å². The smallest absolute Gasteiger partial charge is 0.133 e. The van der Waals surface area contributed by atoms with Crippen molar-refractivity contribution >= 4 is 17.4 Å². The number of Topliss-reactive ketones (excluding diaryl/α,β-unsaturated/α-hetero) is 1. The standard InChI is InChI=1S/C13H19ClO/c14-8-2-1-3-10-4-5-11-6-7-12(15)9-13(10)11/h4,11,13H,1-3,5-9H2/t11-,13-/m1/s1. The minimum absolute atomic E-state index is 0.474. The maximum absolute atomic E-state index is 11.4. The number of hydrogen-bond donors (Lipinski definition) is 0. The van der Waals surface area contributed by atoms with Gasteiger partial charge in [0.05, 0.1) is 0 Å². The van der Waals surface area contributed by atoms with Crippen molar-refractivity contribution in [2.45, 2.75) is 44.9 Å². The van der Waals surface area contributed by atoms with E-state index in [4.69, 9.17) is 11.6 Å². The van der Waals surface area contributed by atoms with Crippen molar-refractivity contribution in [1.82, 2.24) is 0 Å². The van der Waals surface area contributed by atoms with Gasteiger partial charge in [-0.1, -0.05) is 11.6 Å². The molecule has 2 aliphatic carbocycles. The molecule has 1 fully saturated rings. The van der Waals surface area contributed by atoms with E-state index in [1.54, 1.807) is 5.57 Å². The number of alkyl halides is 1. The van der Waals surface area contributed by atoms with Crippen molar-refractivity contribution in [3.63, 3.8) is 0 Å². The zero-order chi connectivity index (χ0) is 10.7. The Morgan fingerprint density at radius 3 is 3.07 bits per heavy atom. The summed E-state index contributed by atoms with van der Waals surface area (Å²) in [5.74, 6) is 2.62. The third kappa shape index (κ3) is 2.63. The van der Waals surface area contributed by atoms with E-state index in [-0.39, 0.29) is 0 Å². The Bertz CT molecular complexity index is 270. The lowest BCUT2D eigenvalue weighted by Gasteiger charge is -2.27. The lowest BCUT2D eigenvalue weighted by molar-refractivity contribution is -0.122. The summed E-state index contributed by atoms with van der Waals surface area (Å²) in [5, 5.41) is 0. The number of unbranched alkanes of at least 4 members (excludes halogenated alkanes) is 1. The van der Waals surface area contributed by atoms with Gasteiger partial charge in [0, 0.05) is 18.7 Å². The lowest BCUT2D eigenvalue weighted by atomic mass is 9.77. The summed E-state index contributed by atoms with van der Waals surface area (Å²) in [6.07, 6.45) is 9.83. The molecule has 2 atom stereocenters. The highest BCUT2D eigenvalue weighted by molar-refractivity contribution is 6.17. The minimum atomic E-state index is 0.474. The fourth-order valence-electron chi connectivity index (χ4n) is 2.94. The lowest BCUT2D eigenvalue weighted by Crippen LogP contribution is -2.22. The van der Waals surface area contributed by atoms with Crippen LogP contribution in [0.2, 0.25) is 0 Å². The van der Waals surface area contributed by atoms with Gasteiger partial charge in [-0.3, -0.25) is 4.79 Å². The summed E-state index contributed by atoms with van der Waals surface area (Å²) in [6.45, 7) is 0. The van der Waals surface area contributed by atoms with Crippen molar-refractivity contribution in [3.8, 4) is 0 Å². The summed E-state index contributed by atoms with van der Waals surface area (Å²) < 4.78 is 0. The molecule has 0 aromatic carbocycles. The highest BCUT2D eigenvalue weighted by atomic mass is 35.5. The predicted octanol–water partition coefficient (Wildman–Crippen LogP) is 3.71. The normalized spacial score (nSPS) is 30.2. The van der Waals surface area contributed by atoms with Crippen LogP contribution >= 0.6 is 11.6 Å². The molecule has 0 N–H and O–H groups in total. The Morgan fingerprint density at radius 2 is 2.27 bits per heavy atom. The first-order valence-corrected chi connectivity index (χ1v) is 6.61. The molecule has 0 heterocycles. The molecular weight excluding hydrogens is 208 g/mol. The van der Waals surface area contributed by atoms with E-state index in [1.165, 1.54) is 19.3 Å². The van der Waals surface area contributed by atoms with Gasteiger partial charge in [0.15, 0.2) is 0 Å². The summed E-state index contributed by atoms with van der Waals surface area (Å²) >= 11 is 5.67. The Hall–Kier alpha value is -0.300. The summed E-state index contributed by atoms with van der Waals surface area (Å²) in [6, 6.07) is 0. The topological polar surface area (TPSA) is 17.1 Å². The summed E-state index contributed by atoms with van der Waals surface area (Å²) in [4.78, 5) is 11.4. The first-order chi connectivity index (χ1) is 7.31. The van der Waals surface area contributed by atoms with Crippen LogP contribution in [0.1, 0.15) is 44.9 Å². The van der Waals surface area contributed by atoms with E-state index in [1.807, 2.05) is 0 Å². The van der Waals surface area contributed by atoms with Gasteiger partial charge >= 0.3 is 0 Å². The second kappa shape index (κ2) is 5.16. The maximum atomic E-state index is 11.4. The van der Waals surface area contributed by atoms with Crippen LogP contribution in [0.15, 0.2) is 11.6 Å². The van der Waals surface area contributed by atoms with E-state index in [0.29, 0.717) is 11.7 Å². The van der Waals surface area contributed by atoms with E-state index in [0.717, 1.165) is 37.5 Å². The molecule has 1 nitrogen and oxygen atoms in total. The van der Waals surface area contributed by atoms with Gasteiger partial charge in [-0.05, 0) is 43.9 Å². The van der Waals surface area contributed by atoms with Gasteiger partial charge in [0.25, 0.3) is 0 Å². The van der Waals surface area contributed by atoms with E-state index < -0.39 is 0 Å². The number of rotatable bonds is 4. The molecule has 2 aliphatic rings. The summed E-state index contributed by atoms with van der Waals surface area (Å²) in [5.41, 5.74) is 1.55. The number of fused-ring (bicyclic) bond motifs is 1. The van der Waals surface area contributed by atoms with Crippen LogP contribution in [-0.4, -0.2) is 11.7 Å². The summed E-state index contributed by atoms with van der Waals surface area (Å²) in [7, 11) is 0. The van der Waals surface area contributed by atoms with Crippen LogP contribution in [0.3, 0.4) is 0 Å². The molecule has 2 heteroatoms. The zero-order valence-electron chi connectivity index (χ0n) is 9.18. The average Bonchev–Trinajstić information content (AvgIpc) is 2.62. The zero-order valence-corrected chi connectivity index (χ0v) is 9.93. The van der Waals surface area contributed by atoms with Gasteiger partial charge in [0.1, 0.15) is 5.78 Å². The predicted molar refractivity (Wildman–Crippen MR) is 63.1 cm³/mol. The average molecular weight is 227 g/mol. The number of ketones is 1. The van der Waals surface area contributed by atoms with Gasteiger partial charge in [-0.15, -0.1) is 11.6 Å². The Morgan fingerprint density at radius 1 is 1.40 bits per heavy atom. The van der Waals surface area contributed by atoms with Crippen LogP contribution < -0.4 is 0 Å². The molecular formula is C13H19ClO. The fraction of sp³-hybridized carbons (Fsp3) is 0.769. The monoisotopic (exact) mass is 226 g/mol. The van der Waals surface area contributed by atoms with Gasteiger partial charge in [-0.2, -0.15) is 0 Å². The van der Waals surface area contributed by atoms with Gasteiger partial charge in [0.2, 0.25) is 0 Å². The van der Waals surface area contributed by atoms with Crippen LogP contribution in [0.5, 0.6) is 0 Å². The van der Waals surface area contributed by atoms with Gasteiger partial charge < -0.3 is 0 Å². The highest BCUT2D eigenvalue weighted by Crippen LogP contribution is 2.42. The Balaban J connectivity index is 1.87. The Kier molecular flexibility index (Phi) is 3.85. The van der Waals surface area contributed by atoms with E-state index in [9.17, 15) is 4.79 Å². The number of halogens is 1. The molecule has 84 valence electrons.